The van der Waals surface area contributed by atoms with Crippen molar-refractivity contribution in [3.8, 4) is 314 Å². The molecule has 85 heavy (non-hydrogen) atoms. The molecule has 1 atom stereocenters. The number of nitrogens with zero attached hydrogens (tertiary/aromatic N) is 1. The minimum atomic E-state index is -0.259. The normalized spacial score (nSPS) is 9.19. The Morgan fingerprint density at radius 3 is 1.31 bits per heavy atom. The molecular formula is C79H31FN2O3. The molecule has 0 saturated carbocycles. The van der Waals surface area contributed by atoms with Crippen molar-refractivity contribution < 1.29 is 18.6 Å². The van der Waals surface area contributed by atoms with E-state index in [0.717, 1.165) is 42.8 Å². The van der Waals surface area contributed by atoms with Gasteiger partial charge in [0.05, 0.1) is 14.2 Å². The minimum Gasteiger partial charge on any atom is -0.497 e. The highest BCUT2D eigenvalue weighted by atomic mass is 19.1. The predicted octanol–water partition coefficient (Wildman–Crippen LogP) is 6.28. The quantitative estimate of drug-likeness (QED) is 0.240. The molecule has 5 nitrogen and oxygen atoms in total. The molecule has 0 fully saturated rings. The summed E-state index contributed by atoms with van der Waals surface area (Å²) in [5, 5.41) is 1.24. The summed E-state index contributed by atoms with van der Waals surface area (Å²) in [5.74, 6) is 124. The van der Waals surface area contributed by atoms with Gasteiger partial charge in [-0.3, -0.25) is 4.90 Å². The number of nitrogens with one attached hydrogen (secondary N) is 1. The van der Waals surface area contributed by atoms with Gasteiger partial charge in [-0.15, -0.1) is 6.42 Å². The molecule has 2 aliphatic rings. The first kappa shape index (κ1) is 61.3. The Kier molecular flexibility index (Phi) is 28.1. The van der Waals surface area contributed by atoms with E-state index < -0.39 is 0 Å². The van der Waals surface area contributed by atoms with Crippen molar-refractivity contribution in [1.82, 2.24) is 9.88 Å². The molecule has 0 saturated heterocycles. The molecule has 0 aliphatic carbocycles. The van der Waals surface area contributed by atoms with E-state index in [4.69, 9.17) is 20.6 Å². The molecule has 0 bridgehead atoms. The summed E-state index contributed by atoms with van der Waals surface area (Å²) in [4.78, 5) is 6.17. The smallest absolute Gasteiger partial charge is 0.161 e. The standard InChI is InChI=1S/C51H4.C28H27FN2O3/c1-3-5-7-9-11-13-15-17-19-21-23-25-27-29-31-33-35-37-39-41-43-45-47-49-51-50-48-46-44-42-40-38-36-34-32-30-28-26-24-22-20-18-16-14-12-10-8-6-4-2;1-32-20-6-7-24-22(12-20)23-13-26-21-14-27(33-2)28(34-16-17-4-3-5-19(29)10-17)11-18(21)8-9-31(26)15-25(23)30-24/h1H,2H3;3-7,10-12,14,26,30H,8-9,13,15-16H2,1-2H3. The van der Waals surface area contributed by atoms with E-state index >= 15 is 0 Å². The van der Waals surface area contributed by atoms with E-state index in [-0.39, 0.29) is 11.9 Å². The van der Waals surface area contributed by atoms with Crippen molar-refractivity contribution in [1.29, 1.82) is 0 Å². The average Bonchev–Trinajstić information content (AvgIpc) is 3.74. The lowest BCUT2D eigenvalue weighted by Gasteiger charge is -2.40. The summed E-state index contributed by atoms with van der Waals surface area (Å²) in [6.45, 7) is 3.87. The molecule has 0 spiro atoms. The summed E-state index contributed by atoms with van der Waals surface area (Å²) >= 11 is 0. The zero-order valence-corrected chi connectivity index (χ0v) is 45.4. The first-order valence-electron chi connectivity index (χ1n) is 24.4. The van der Waals surface area contributed by atoms with E-state index in [2.05, 4.69) is 324 Å². The fourth-order valence-corrected chi connectivity index (χ4v) is 6.93. The van der Waals surface area contributed by atoms with E-state index in [1.165, 1.54) is 39.9 Å². The third-order valence-corrected chi connectivity index (χ3v) is 10.2. The molecule has 0 amide bonds. The summed E-state index contributed by atoms with van der Waals surface area (Å²) in [5.41, 5.74) is 7.20. The van der Waals surface area contributed by atoms with Gasteiger partial charge in [0.2, 0.25) is 0 Å². The number of rotatable bonds is 5. The molecule has 1 unspecified atom stereocenters. The second-order valence-corrected chi connectivity index (χ2v) is 15.3. The average molecular weight is 1080 g/mol. The monoisotopic (exact) mass is 1070 g/mol. The second kappa shape index (κ2) is 38.9. The minimum absolute atomic E-state index is 0.259. The molecule has 2 aliphatic heterocycles. The van der Waals surface area contributed by atoms with Crippen LogP contribution in [0.4, 0.5) is 4.39 Å². The largest absolute Gasteiger partial charge is 0.497 e. The lowest BCUT2D eigenvalue weighted by atomic mass is 9.85. The number of fused-ring (bicyclic) bond motifs is 6. The van der Waals surface area contributed by atoms with Gasteiger partial charge in [0.1, 0.15) is 18.2 Å². The lowest BCUT2D eigenvalue weighted by Crippen LogP contribution is -2.39. The molecule has 1 aromatic heterocycles. The first-order chi connectivity index (χ1) is 42.0. The van der Waals surface area contributed by atoms with Gasteiger partial charge in [0.25, 0.3) is 0 Å². The van der Waals surface area contributed by atoms with E-state index in [1.54, 1.807) is 27.2 Å². The summed E-state index contributed by atoms with van der Waals surface area (Å²) in [7, 11) is 3.38. The van der Waals surface area contributed by atoms with Crippen molar-refractivity contribution in [3.63, 3.8) is 0 Å². The van der Waals surface area contributed by atoms with Crippen LogP contribution in [0.5, 0.6) is 17.2 Å². The summed E-state index contributed by atoms with van der Waals surface area (Å²) in [6, 6.07) is 17.3. The third kappa shape index (κ3) is 24.1. The molecule has 4 aromatic rings. The van der Waals surface area contributed by atoms with Gasteiger partial charge >= 0.3 is 0 Å². The van der Waals surface area contributed by atoms with Crippen LogP contribution in [0, 0.1) is 302 Å². The maximum absolute atomic E-state index is 13.5. The van der Waals surface area contributed by atoms with Crippen LogP contribution in [0.3, 0.4) is 0 Å². The molecule has 382 valence electrons. The van der Waals surface area contributed by atoms with Gasteiger partial charge in [-0.25, -0.2) is 4.39 Å². The zero-order valence-electron chi connectivity index (χ0n) is 45.4. The highest BCUT2D eigenvalue weighted by Gasteiger charge is 2.35. The fraction of sp³-hybridized carbons (Fsp3) is 0.114. The molecule has 0 radical (unpaired) electrons. The van der Waals surface area contributed by atoms with E-state index in [9.17, 15) is 4.39 Å². The Bertz CT molecular complexity index is 5090. The van der Waals surface area contributed by atoms with Crippen LogP contribution in [-0.4, -0.2) is 30.6 Å². The summed E-state index contributed by atoms with van der Waals surface area (Å²) in [6.07, 6.45) is 6.83. The van der Waals surface area contributed by atoms with Gasteiger partial charge in [-0.1, -0.05) is 18.1 Å². The Balaban J connectivity index is 0.000000332. The number of aromatic nitrogens is 1. The molecular weight excluding hydrogens is 1040 g/mol. The maximum Gasteiger partial charge on any atom is 0.161 e. The molecule has 3 heterocycles. The Labute approximate surface area is 498 Å². The van der Waals surface area contributed by atoms with Crippen molar-refractivity contribution in [2.75, 3.05) is 20.8 Å². The first-order valence-corrected chi connectivity index (χ1v) is 24.4. The number of hydrogen-bond acceptors (Lipinski definition) is 4. The number of ether oxygens (including phenoxy) is 3. The van der Waals surface area contributed by atoms with Gasteiger partial charge in [0, 0.05) is 225 Å². The van der Waals surface area contributed by atoms with Crippen LogP contribution in [-0.2, 0) is 26.0 Å². The van der Waals surface area contributed by atoms with Crippen LogP contribution >= 0.6 is 0 Å². The van der Waals surface area contributed by atoms with Crippen molar-refractivity contribution in [3.05, 3.63) is 88.4 Å². The molecule has 3 aromatic carbocycles. The fourth-order valence-electron chi connectivity index (χ4n) is 6.93. The van der Waals surface area contributed by atoms with Crippen molar-refractivity contribution in [2.45, 2.75) is 39.0 Å². The number of halogens is 1. The Morgan fingerprint density at radius 2 is 0.918 bits per heavy atom. The van der Waals surface area contributed by atoms with Gasteiger partial charge in [-0.2, -0.15) is 0 Å². The van der Waals surface area contributed by atoms with Gasteiger partial charge in [-0.05, 0) is 179 Å². The SMILES string of the molecule is C#CC#CC#CC#CC#CC#CC#CC#CC#CC#CC#CC#CC#CC#CC#CC#CC#CC#CC#CC#CC#CC#CC#CC#CC#CC.COc1ccc2[nH]c3c(c2c1)CC1c2cc(OC)c(OCc4cccc(F)c4)cc2CCN1C3. The lowest BCUT2D eigenvalue weighted by molar-refractivity contribution is 0.158. The van der Waals surface area contributed by atoms with Gasteiger partial charge in [0.15, 0.2) is 11.5 Å². The van der Waals surface area contributed by atoms with E-state index in [1.807, 2.05) is 12.1 Å². The summed E-state index contributed by atoms with van der Waals surface area (Å²) < 4.78 is 30.8. The highest BCUT2D eigenvalue weighted by Crippen LogP contribution is 2.44. The maximum atomic E-state index is 13.5. The number of hydrogen-bond donors (Lipinski definition) is 1. The van der Waals surface area contributed by atoms with Crippen molar-refractivity contribution in [2.24, 2.45) is 0 Å². The van der Waals surface area contributed by atoms with Crippen LogP contribution in [0.15, 0.2) is 54.6 Å². The second-order valence-electron chi connectivity index (χ2n) is 15.3. The van der Waals surface area contributed by atoms with Crippen LogP contribution in [0.25, 0.3) is 10.9 Å². The number of benzene rings is 3. The number of terminal acetylenes is 1. The number of aromatic amines is 1. The zero-order chi connectivity index (χ0) is 59.9. The Morgan fingerprint density at radius 1 is 0.494 bits per heavy atom. The third-order valence-electron chi connectivity index (χ3n) is 10.2. The number of H-pyrrole nitrogens is 1. The van der Waals surface area contributed by atoms with Crippen LogP contribution in [0.2, 0.25) is 0 Å². The topological polar surface area (TPSA) is 46.7 Å². The predicted molar refractivity (Wildman–Crippen MR) is 330 cm³/mol. The van der Waals surface area contributed by atoms with Gasteiger partial charge < -0.3 is 19.2 Å². The van der Waals surface area contributed by atoms with Crippen LogP contribution in [0.1, 0.15) is 40.9 Å². The number of methoxy groups -OCH3 is 2. The molecule has 6 heteroatoms. The highest BCUT2D eigenvalue weighted by molar-refractivity contribution is 5.86. The van der Waals surface area contributed by atoms with E-state index in [0.29, 0.717) is 18.1 Å². The molecule has 1 N–H and O–H groups in total. The van der Waals surface area contributed by atoms with Crippen molar-refractivity contribution >= 4 is 10.9 Å². The molecule has 6 rings (SSSR count). The Hall–Kier alpha value is -14.5. The van der Waals surface area contributed by atoms with Crippen LogP contribution < -0.4 is 14.2 Å².